The standard InChI is InChI=1S/C19H25N3O3/c1-12(2)22(13(3)4)18(23)17-9-7-6-8-16(17)15-10-20-21(11-15)14(5)19(24)25/h6-14H,1-5H3,(H,24,25). The molecule has 1 amide bonds. The molecule has 1 unspecified atom stereocenters. The predicted octanol–water partition coefficient (Wildman–Crippen LogP) is 3.45. The van der Waals surface area contributed by atoms with Crippen molar-refractivity contribution in [2.24, 2.45) is 0 Å². The van der Waals surface area contributed by atoms with E-state index >= 15 is 0 Å². The van der Waals surface area contributed by atoms with Crippen molar-refractivity contribution in [3.63, 3.8) is 0 Å². The van der Waals surface area contributed by atoms with Crippen LogP contribution in [0.5, 0.6) is 0 Å². The molecule has 1 aromatic heterocycles. The number of carboxylic acids is 1. The number of amides is 1. The van der Waals surface area contributed by atoms with Gasteiger partial charge in [0.05, 0.1) is 6.20 Å². The number of aromatic nitrogens is 2. The minimum atomic E-state index is -0.954. The fourth-order valence-corrected chi connectivity index (χ4v) is 2.93. The molecule has 0 radical (unpaired) electrons. The summed E-state index contributed by atoms with van der Waals surface area (Å²) < 4.78 is 1.39. The fourth-order valence-electron chi connectivity index (χ4n) is 2.93. The molecule has 1 atom stereocenters. The molecule has 134 valence electrons. The van der Waals surface area contributed by atoms with Crippen LogP contribution in [0.15, 0.2) is 36.7 Å². The van der Waals surface area contributed by atoms with Gasteiger partial charge in [0, 0.05) is 29.4 Å². The van der Waals surface area contributed by atoms with E-state index in [0.29, 0.717) is 5.56 Å². The van der Waals surface area contributed by atoms with Gasteiger partial charge in [0.2, 0.25) is 0 Å². The normalized spacial score (nSPS) is 12.4. The molecule has 1 N–H and O–H groups in total. The number of nitrogens with zero attached hydrogens (tertiary/aromatic N) is 3. The minimum absolute atomic E-state index is 0.0420. The Morgan fingerprint density at radius 2 is 1.68 bits per heavy atom. The summed E-state index contributed by atoms with van der Waals surface area (Å²) in [4.78, 5) is 26.1. The molecule has 2 aromatic rings. The Morgan fingerprint density at radius 1 is 1.08 bits per heavy atom. The molecular formula is C19H25N3O3. The molecule has 1 heterocycles. The summed E-state index contributed by atoms with van der Waals surface area (Å²) in [5, 5.41) is 13.3. The lowest BCUT2D eigenvalue weighted by Crippen LogP contribution is -2.42. The number of aliphatic carboxylic acids is 1. The van der Waals surface area contributed by atoms with Crippen LogP contribution in [0.2, 0.25) is 0 Å². The number of benzene rings is 1. The summed E-state index contributed by atoms with van der Waals surface area (Å²) >= 11 is 0. The maximum Gasteiger partial charge on any atom is 0.328 e. The first-order valence-electron chi connectivity index (χ1n) is 8.43. The first-order valence-corrected chi connectivity index (χ1v) is 8.43. The molecule has 6 nitrogen and oxygen atoms in total. The van der Waals surface area contributed by atoms with Crippen LogP contribution < -0.4 is 0 Å². The summed E-state index contributed by atoms with van der Waals surface area (Å²) in [5.74, 6) is -0.996. The molecule has 0 aliphatic heterocycles. The first kappa shape index (κ1) is 18.7. The van der Waals surface area contributed by atoms with Gasteiger partial charge in [-0.1, -0.05) is 18.2 Å². The van der Waals surface area contributed by atoms with E-state index in [-0.39, 0.29) is 18.0 Å². The zero-order chi connectivity index (χ0) is 18.7. The lowest BCUT2D eigenvalue weighted by atomic mass is 10.0. The van der Waals surface area contributed by atoms with Gasteiger partial charge in [0.25, 0.3) is 5.91 Å². The molecule has 0 fully saturated rings. The van der Waals surface area contributed by atoms with Gasteiger partial charge in [0.15, 0.2) is 0 Å². The number of carbonyl (C=O) groups excluding carboxylic acids is 1. The molecule has 0 aliphatic rings. The van der Waals surface area contributed by atoms with Gasteiger partial charge in [-0.05, 0) is 46.2 Å². The van der Waals surface area contributed by atoms with Crippen molar-refractivity contribution in [2.45, 2.75) is 52.7 Å². The number of carbonyl (C=O) groups is 2. The van der Waals surface area contributed by atoms with E-state index in [0.717, 1.165) is 11.1 Å². The summed E-state index contributed by atoms with van der Waals surface area (Å²) in [5.41, 5.74) is 2.07. The summed E-state index contributed by atoms with van der Waals surface area (Å²) in [7, 11) is 0. The lowest BCUT2D eigenvalue weighted by molar-refractivity contribution is -0.140. The average Bonchev–Trinajstić information content (AvgIpc) is 3.03. The Hall–Kier alpha value is -2.63. The second kappa shape index (κ2) is 7.51. The van der Waals surface area contributed by atoms with Crippen molar-refractivity contribution in [3.05, 3.63) is 42.2 Å². The van der Waals surface area contributed by atoms with Gasteiger partial charge in [-0.15, -0.1) is 0 Å². The maximum atomic E-state index is 13.1. The third-order valence-corrected chi connectivity index (χ3v) is 4.17. The highest BCUT2D eigenvalue weighted by Gasteiger charge is 2.24. The number of carboxylic acid groups (broad SMARTS) is 1. The van der Waals surface area contributed by atoms with Gasteiger partial charge in [-0.3, -0.25) is 9.48 Å². The highest BCUT2D eigenvalue weighted by Crippen LogP contribution is 2.26. The highest BCUT2D eigenvalue weighted by molar-refractivity contribution is 6.01. The molecule has 6 heteroatoms. The first-order chi connectivity index (χ1) is 11.7. The second-order valence-electron chi connectivity index (χ2n) is 6.67. The SMILES string of the molecule is CC(C)N(C(=O)c1ccccc1-c1cnn(C(C)C(=O)O)c1)C(C)C. The minimum Gasteiger partial charge on any atom is -0.480 e. The largest absolute Gasteiger partial charge is 0.480 e. The van der Waals surface area contributed by atoms with E-state index in [1.165, 1.54) is 4.68 Å². The third kappa shape index (κ3) is 3.90. The number of rotatable bonds is 6. The van der Waals surface area contributed by atoms with E-state index in [2.05, 4.69) is 5.10 Å². The van der Waals surface area contributed by atoms with Gasteiger partial charge in [0.1, 0.15) is 6.04 Å². The summed E-state index contributed by atoms with van der Waals surface area (Å²) in [6.07, 6.45) is 3.26. The topological polar surface area (TPSA) is 75.4 Å². The molecule has 0 saturated heterocycles. The van der Waals surface area contributed by atoms with Crippen molar-refractivity contribution < 1.29 is 14.7 Å². The van der Waals surface area contributed by atoms with Crippen LogP contribution in [-0.4, -0.2) is 43.7 Å². The molecule has 1 aromatic carbocycles. The van der Waals surface area contributed by atoms with Crippen LogP contribution in [0.4, 0.5) is 0 Å². The predicted molar refractivity (Wildman–Crippen MR) is 96.5 cm³/mol. The second-order valence-corrected chi connectivity index (χ2v) is 6.67. The highest BCUT2D eigenvalue weighted by atomic mass is 16.4. The average molecular weight is 343 g/mol. The molecule has 0 saturated carbocycles. The Labute approximate surface area is 148 Å². The van der Waals surface area contributed by atoms with E-state index in [9.17, 15) is 9.59 Å². The smallest absolute Gasteiger partial charge is 0.328 e. The van der Waals surface area contributed by atoms with Gasteiger partial charge >= 0.3 is 5.97 Å². The molecule has 2 rings (SSSR count). The number of hydrogen-bond acceptors (Lipinski definition) is 3. The van der Waals surface area contributed by atoms with Crippen LogP contribution >= 0.6 is 0 Å². The van der Waals surface area contributed by atoms with E-state index < -0.39 is 12.0 Å². The van der Waals surface area contributed by atoms with Gasteiger partial charge in [-0.2, -0.15) is 5.10 Å². The lowest BCUT2D eigenvalue weighted by Gasteiger charge is -2.31. The molecular weight excluding hydrogens is 318 g/mol. The molecule has 0 aliphatic carbocycles. The Bertz CT molecular complexity index is 757. The van der Waals surface area contributed by atoms with E-state index in [4.69, 9.17) is 5.11 Å². The van der Waals surface area contributed by atoms with Gasteiger partial charge in [-0.25, -0.2) is 4.79 Å². The summed E-state index contributed by atoms with van der Waals surface area (Å²) in [6.45, 7) is 9.54. The van der Waals surface area contributed by atoms with Gasteiger partial charge < -0.3 is 10.0 Å². The third-order valence-electron chi connectivity index (χ3n) is 4.17. The van der Waals surface area contributed by atoms with E-state index in [1.54, 1.807) is 25.4 Å². The molecule has 0 spiro atoms. The molecule has 25 heavy (non-hydrogen) atoms. The maximum absolute atomic E-state index is 13.1. The van der Waals surface area contributed by atoms with Crippen LogP contribution in [0.25, 0.3) is 11.1 Å². The Balaban J connectivity index is 2.45. The van der Waals surface area contributed by atoms with Crippen molar-refractivity contribution in [2.75, 3.05) is 0 Å². The Kier molecular flexibility index (Phi) is 5.62. The monoisotopic (exact) mass is 343 g/mol. The zero-order valence-corrected chi connectivity index (χ0v) is 15.3. The quantitative estimate of drug-likeness (QED) is 0.871. The van der Waals surface area contributed by atoms with Crippen LogP contribution in [0, 0.1) is 0 Å². The van der Waals surface area contributed by atoms with Crippen LogP contribution in [0.3, 0.4) is 0 Å². The van der Waals surface area contributed by atoms with E-state index in [1.807, 2.05) is 50.8 Å². The number of hydrogen-bond donors (Lipinski definition) is 1. The zero-order valence-electron chi connectivity index (χ0n) is 15.3. The van der Waals surface area contributed by atoms with Crippen molar-refractivity contribution in [1.29, 1.82) is 0 Å². The summed E-state index contributed by atoms with van der Waals surface area (Å²) in [6, 6.07) is 6.75. The van der Waals surface area contributed by atoms with Crippen LogP contribution in [-0.2, 0) is 4.79 Å². The van der Waals surface area contributed by atoms with Crippen molar-refractivity contribution in [1.82, 2.24) is 14.7 Å². The van der Waals surface area contributed by atoms with Crippen LogP contribution in [0.1, 0.15) is 51.0 Å². The fraction of sp³-hybridized carbons (Fsp3) is 0.421. The molecule has 0 bridgehead atoms. The van der Waals surface area contributed by atoms with Crippen molar-refractivity contribution in [3.8, 4) is 11.1 Å². The Morgan fingerprint density at radius 3 is 2.24 bits per heavy atom. The van der Waals surface area contributed by atoms with Crippen molar-refractivity contribution >= 4 is 11.9 Å².